The van der Waals surface area contributed by atoms with Gasteiger partial charge in [-0.1, -0.05) is 12.1 Å². The van der Waals surface area contributed by atoms with Crippen LogP contribution >= 0.6 is 0 Å². The van der Waals surface area contributed by atoms with Crippen LogP contribution in [0.25, 0.3) is 0 Å². The van der Waals surface area contributed by atoms with Crippen LogP contribution in [0.2, 0.25) is 0 Å². The second kappa shape index (κ2) is 11.8. The Morgan fingerprint density at radius 2 is 1.74 bits per heavy atom. The summed E-state index contributed by atoms with van der Waals surface area (Å²) in [6, 6.07) is 8.52. The molecule has 4 N–H and O–H groups in total. The Morgan fingerprint density at radius 3 is 2.39 bits per heavy atom. The predicted octanol–water partition coefficient (Wildman–Crippen LogP) is 2.80. The van der Waals surface area contributed by atoms with Gasteiger partial charge in [-0.3, -0.25) is 14.4 Å². The van der Waals surface area contributed by atoms with E-state index in [9.17, 15) is 23.2 Å². The van der Waals surface area contributed by atoms with Crippen LogP contribution in [0.1, 0.15) is 36.5 Å². The van der Waals surface area contributed by atoms with Crippen molar-refractivity contribution >= 4 is 23.3 Å². The minimum atomic E-state index is -0.932. The lowest BCUT2D eigenvalue weighted by Crippen LogP contribution is -2.43. The van der Waals surface area contributed by atoms with Crippen molar-refractivity contribution in [3.05, 3.63) is 59.7 Å². The lowest BCUT2D eigenvalue weighted by atomic mass is 10.0. The Kier molecular flexibility index (Phi) is 9.08. The van der Waals surface area contributed by atoms with Crippen molar-refractivity contribution in [2.45, 2.75) is 32.2 Å². The molecule has 7 nitrogen and oxygen atoms in total. The van der Waals surface area contributed by atoms with Crippen molar-refractivity contribution in [3.63, 3.8) is 0 Å². The molecule has 0 spiro atoms. The zero-order valence-corrected chi connectivity index (χ0v) is 17.1. The number of ketones is 1. The maximum Gasteiger partial charge on any atom is 0.251 e. The molecule has 1 atom stereocenters. The van der Waals surface area contributed by atoms with Gasteiger partial charge in [0.25, 0.3) is 5.91 Å². The maximum absolute atomic E-state index is 13.7. The highest BCUT2D eigenvalue weighted by atomic mass is 19.1. The highest BCUT2D eigenvalue weighted by molar-refractivity contribution is 5.99. The Balaban J connectivity index is 2.09. The standard InChI is InChI=1S/C22H25F2N3O4/c1-14(28)26-16-7-4-6-15(12-16)22(30)27-19(10-2-3-11-25)20(29)13-31-21-17(23)8-5-9-18(21)24/h4-9,12,19H,2-3,10-11,13,25H2,1H3,(H,26,28)(H,27,30)/t19-/m1/s1. The van der Waals surface area contributed by atoms with E-state index in [1.165, 1.54) is 25.1 Å². The van der Waals surface area contributed by atoms with E-state index in [1.54, 1.807) is 12.1 Å². The Bertz CT molecular complexity index is 916. The first-order valence-electron chi connectivity index (χ1n) is 9.80. The van der Waals surface area contributed by atoms with E-state index >= 15 is 0 Å². The number of amides is 2. The summed E-state index contributed by atoms with van der Waals surface area (Å²) < 4.78 is 32.5. The molecule has 0 heterocycles. The first-order valence-corrected chi connectivity index (χ1v) is 9.80. The zero-order chi connectivity index (χ0) is 22.8. The molecule has 0 saturated carbocycles. The molecule has 31 heavy (non-hydrogen) atoms. The van der Waals surface area contributed by atoms with Crippen LogP contribution in [0, 0.1) is 11.6 Å². The summed E-state index contributed by atoms with van der Waals surface area (Å²) in [6.07, 6.45) is 1.49. The third-order valence-electron chi connectivity index (χ3n) is 4.36. The number of halogens is 2. The van der Waals surface area contributed by atoms with Crippen LogP contribution in [0.4, 0.5) is 14.5 Å². The van der Waals surface area contributed by atoms with Gasteiger partial charge in [0.1, 0.15) is 6.61 Å². The number of hydrogen-bond acceptors (Lipinski definition) is 5. The molecule has 0 aliphatic heterocycles. The van der Waals surface area contributed by atoms with Crippen molar-refractivity contribution in [2.24, 2.45) is 5.73 Å². The fraction of sp³-hybridized carbons (Fsp3) is 0.318. The minimum Gasteiger partial charge on any atom is -0.480 e. The smallest absolute Gasteiger partial charge is 0.251 e. The van der Waals surface area contributed by atoms with Crippen LogP contribution in [-0.4, -0.2) is 36.8 Å². The van der Waals surface area contributed by atoms with Crippen LogP contribution in [0.15, 0.2) is 42.5 Å². The molecule has 2 aromatic rings. The number of hydrogen-bond donors (Lipinski definition) is 3. The first kappa shape index (κ1) is 23.9. The van der Waals surface area contributed by atoms with Crippen molar-refractivity contribution in [2.75, 3.05) is 18.5 Å². The summed E-state index contributed by atoms with van der Waals surface area (Å²) in [7, 11) is 0. The van der Waals surface area contributed by atoms with Crippen molar-refractivity contribution in [1.82, 2.24) is 5.32 Å². The van der Waals surface area contributed by atoms with E-state index in [0.717, 1.165) is 12.1 Å². The maximum atomic E-state index is 13.7. The highest BCUT2D eigenvalue weighted by Crippen LogP contribution is 2.21. The number of anilines is 1. The number of ether oxygens (including phenoxy) is 1. The predicted molar refractivity (Wildman–Crippen MR) is 112 cm³/mol. The molecular formula is C22H25F2N3O4. The van der Waals surface area contributed by atoms with E-state index < -0.39 is 41.7 Å². The zero-order valence-electron chi connectivity index (χ0n) is 17.1. The van der Waals surface area contributed by atoms with Gasteiger partial charge in [0.05, 0.1) is 6.04 Å². The molecule has 166 valence electrons. The molecule has 0 aromatic heterocycles. The summed E-state index contributed by atoms with van der Waals surface area (Å²) in [5, 5.41) is 5.20. The largest absolute Gasteiger partial charge is 0.480 e. The van der Waals surface area contributed by atoms with Crippen LogP contribution < -0.4 is 21.1 Å². The number of nitrogens with one attached hydrogen (secondary N) is 2. The van der Waals surface area contributed by atoms with E-state index in [-0.39, 0.29) is 17.9 Å². The summed E-state index contributed by atoms with van der Waals surface area (Å²) >= 11 is 0. The van der Waals surface area contributed by atoms with E-state index in [4.69, 9.17) is 10.5 Å². The summed E-state index contributed by atoms with van der Waals surface area (Å²) in [5.74, 6) is -3.85. The fourth-order valence-electron chi connectivity index (χ4n) is 2.85. The van der Waals surface area contributed by atoms with E-state index in [0.29, 0.717) is 25.1 Å². The van der Waals surface area contributed by atoms with Crippen molar-refractivity contribution in [1.29, 1.82) is 0 Å². The molecule has 0 fully saturated rings. The number of benzene rings is 2. The van der Waals surface area contributed by atoms with Gasteiger partial charge in [0.2, 0.25) is 5.91 Å². The Labute approximate surface area is 179 Å². The molecule has 2 aromatic carbocycles. The highest BCUT2D eigenvalue weighted by Gasteiger charge is 2.23. The second-order valence-corrected chi connectivity index (χ2v) is 6.88. The van der Waals surface area contributed by atoms with Crippen molar-refractivity contribution < 1.29 is 27.9 Å². The molecule has 0 aliphatic rings. The van der Waals surface area contributed by atoms with E-state index in [2.05, 4.69) is 10.6 Å². The van der Waals surface area contributed by atoms with Crippen LogP contribution in [0.5, 0.6) is 5.75 Å². The topological polar surface area (TPSA) is 111 Å². The molecule has 9 heteroatoms. The van der Waals surface area contributed by atoms with Gasteiger partial charge < -0.3 is 21.1 Å². The first-order chi connectivity index (χ1) is 14.8. The monoisotopic (exact) mass is 433 g/mol. The van der Waals surface area contributed by atoms with Crippen molar-refractivity contribution in [3.8, 4) is 5.75 Å². The van der Waals surface area contributed by atoms with Gasteiger partial charge in [0, 0.05) is 18.2 Å². The molecule has 0 bridgehead atoms. The SMILES string of the molecule is CC(=O)Nc1cccc(C(=O)N[C@H](CCCCN)C(=O)COc2c(F)cccc2F)c1. The number of para-hydroxylation sites is 1. The quantitative estimate of drug-likeness (QED) is 0.472. The van der Waals surface area contributed by atoms with E-state index in [1.807, 2.05) is 0 Å². The number of carbonyl (C=O) groups is 3. The van der Waals surface area contributed by atoms with Gasteiger partial charge in [-0.15, -0.1) is 0 Å². The number of Topliss-reactive ketones (excluding diaryl/α,β-unsaturated/α-hetero) is 1. The fourth-order valence-corrected chi connectivity index (χ4v) is 2.85. The summed E-state index contributed by atoms with van der Waals surface area (Å²) in [4.78, 5) is 36.5. The average Bonchev–Trinajstić information content (AvgIpc) is 2.72. The normalized spacial score (nSPS) is 11.5. The lowest BCUT2D eigenvalue weighted by Gasteiger charge is -2.18. The minimum absolute atomic E-state index is 0.240. The van der Waals surface area contributed by atoms with Gasteiger partial charge in [0.15, 0.2) is 23.2 Å². The van der Waals surface area contributed by atoms with Gasteiger partial charge in [-0.25, -0.2) is 8.78 Å². The molecule has 0 radical (unpaired) electrons. The average molecular weight is 433 g/mol. The van der Waals surface area contributed by atoms with Gasteiger partial charge in [-0.2, -0.15) is 0 Å². The third-order valence-corrected chi connectivity index (χ3v) is 4.36. The van der Waals surface area contributed by atoms with Crippen LogP contribution in [0.3, 0.4) is 0 Å². The molecule has 2 rings (SSSR count). The molecule has 0 saturated heterocycles. The molecule has 0 aliphatic carbocycles. The van der Waals surface area contributed by atoms with Crippen LogP contribution in [-0.2, 0) is 9.59 Å². The number of unbranched alkanes of at least 4 members (excludes halogenated alkanes) is 1. The summed E-state index contributed by atoms with van der Waals surface area (Å²) in [5.41, 5.74) is 6.17. The Morgan fingerprint density at radius 1 is 1.06 bits per heavy atom. The molecular weight excluding hydrogens is 408 g/mol. The number of rotatable bonds is 11. The molecule has 0 unspecified atom stereocenters. The lowest BCUT2D eigenvalue weighted by molar-refractivity contribution is -0.123. The third kappa shape index (κ3) is 7.45. The number of nitrogens with two attached hydrogens (primary N) is 1. The number of carbonyl (C=O) groups excluding carboxylic acids is 3. The van der Waals surface area contributed by atoms with Gasteiger partial charge in [-0.05, 0) is 56.1 Å². The Hall–Kier alpha value is -3.33. The van der Waals surface area contributed by atoms with Gasteiger partial charge >= 0.3 is 0 Å². The molecule has 2 amide bonds. The summed E-state index contributed by atoms with van der Waals surface area (Å²) in [6.45, 7) is 1.15. The second-order valence-electron chi connectivity index (χ2n) is 6.88.